The fourth-order valence-electron chi connectivity index (χ4n) is 3.35. The van der Waals surface area contributed by atoms with E-state index in [0.717, 1.165) is 11.3 Å². The summed E-state index contributed by atoms with van der Waals surface area (Å²) < 4.78 is 22.5. The van der Waals surface area contributed by atoms with E-state index in [9.17, 15) is 9.59 Å². The minimum Gasteiger partial charge on any atom is -0.493 e. The molecule has 8 nitrogen and oxygen atoms in total. The summed E-state index contributed by atoms with van der Waals surface area (Å²) in [7, 11) is 3.14. The van der Waals surface area contributed by atoms with Crippen LogP contribution in [0.2, 0.25) is 0 Å². The Hall–Kier alpha value is -4.07. The van der Waals surface area contributed by atoms with E-state index >= 15 is 0 Å². The van der Waals surface area contributed by atoms with Crippen LogP contribution in [-0.4, -0.2) is 48.6 Å². The SMILES string of the molecule is COc1ccc(-c2nn(-c3ccccc3)cc2/C=C/C(=O)O[C@@H]2CCOC2=O)cc1OC. The average molecular weight is 434 g/mol. The molecule has 1 fully saturated rings. The molecule has 8 heteroatoms. The summed E-state index contributed by atoms with van der Waals surface area (Å²) in [5.74, 6) is 0.0189. The quantitative estimate of drug-likeness (QED) is 0.416. The monoisotopic (exact) mass is 434 g/mol. The normalized spacial score (nSPS) is 15.6. The summed E-state index contributed by atoms with van der Waals surface area (Å²) in [5, 5.41) is 4.72. The summed E-state index contributed by atoms with van der Waals surface area (Å²) >= 11 is 0. The van der Waals surface area contributed by atoms with Gasteiger partial charge in [0.15, 0.2) is 11.5 Å². The van der Waals surface area contributed by atoms with E-state index in [1.54, 1.807) is 31.0 Å². The Kier molecular flexibility index (Phi) is 6.21. The summed E-state index contributed by atoms with van der Waals surface area (Å²) in [5.41, 5.74) is 2.97. The lowest BCUT2D eigenvalue weighted by Crippen LogP contribution is -2.21. The third-order valence-electron chi connectivity index (χ3n) is 4.96. The maximum absolute atomic E-state index is 12.2. The number of nitrogens with zero attached hydrogens (tertiary/aromatic N) is 2. The van der Waals surface area contributed by atoms with Gasteiger partial charge >= 0.3 is 11.9 Å². The molecule has 1 atom stereocenters. The maximum atomic E-state index is 12.2. The van der Waals surface area contributed by atoms with Crippen molar-refractivity contribution in [2.75, 3.05) is 20.8 Å². The largest absolute Gasteiger partial charge is 0.493 e. The van der Waals surface area contributed by atoms with E-state index in [1.807, 2.05) is 48.7 Å². The van der Waals surface area contributed by atoms with E-state index in [-0.39, 0.29) is 6.61 Å². The number of para-hydroxylation sites is 1. The average Bonchev–Trinajstić information content (AvgIpc) is 3.44. The highest BCUT2D eigenvalue weighted by Gasteiger charge is 2.29. The third kappa shape index (κ3) is 4.49. The lowest BCUT2D eigenvalue weighted by molar-refractivity contribution is -0.156. The van der Waals surface area contributed by atoms with Crippen molar-refractivity contribution >= 4 is 18.0 Å². The Bertz CT molecular complexity index is 1150. The van der Waals surface area contributed by atoms with Crippen LogP contribution in [0.4, 0.5) is 0 Å². The number of carbonyl (C=O) groups is 2. The molecule has 4 rings (SSSR count). The van der Waals surface area contributed by atoms with Crippen LogP contribution < -0.4 is 9.47 Å². The lowest BCUT2D eigenvalue weighted by atomic mass is 10.1. The highest BCUT2D eigenvalue weighted by atomic mass is 16.6. The Morgan fingerprint density at radius 3 is 2.59 bits per heavy atom. The zero-order valence-electron chi connectivity index (χ0n) is 17.7. The number of ether oxygens (including phenoxy) is 4. The van der Waals surface area contributed by atoms with E-state index < -0.39 is 18.0 Å². The van der Waals surface area contributed by atoms with Crippen molar-refractivity contribution in [3.8, 4) is 28.4 Å². The van der Waals surface area contributed by atoms with Crippen LogP contribution in [0.1, 0.15) is 12.0 Å². The van der Waals surface area contributed by atoms with Gasteiger partial charge < -0.3 is 18.9 Å². The van der Waals surface area contributed by atoms with E-state index in [2.05, 4.69) is 0 Å². The van der Waals surface area contributed by atoms with E-state index in [1.165, 1.54) is 6.08 Å². The molecule has 0 saturated carbocycles. The molecule has 1 aromatic heterocycles. The van der Waals surface area contributed by atoms with Gasteiger partial charge in [-0.1, -0.05) is 18.2 Å². The fraction of sp³-hybridized carbons (Fsp3) is 0.208. The number of rotatable bonds is 7. The molecule has 0 unspecified atom stereocenters. The Labute approximate surface area is 185 Å². The van der Waals surface area contributed by atoms with Crippen LogP contribution in [0.15, 0.2) is 60.8 Å². The summed E-state index contributed by atoms with van der Waals surface area (Å²) in [6, 6.07) is 15.1. The number of hydrogen-bond donors (Lipinski definition) is 0. The number of methoxy groups -OCH3 is 2. The standard InChI is InChI=1S/C24H22N2O6/c1-29-19-10-8-16(14-21(19)30-2)23-17(15-26(25-23)18-6-4-3-5-7-18)9-11-22(27)32-20-12-13-31-24(20)28/h3-11,14-15,20H,12-13H2,1-2H3/b11-9+/t20-/m1/s1. The molecular weight excluding hydrogens is 412 g/mol. The molecular formula is C24H22N2O6. The van der Waals surface area contributed by atoms with Crippen molar-refractivity contribution in [1.82, 2.24) is 9.78 Å². The van der Waals surface area contributed by atoms with E-state index in [0.29, 0.717) is 29.2 Å². The van der Waals surface area contributed by atoms with Crippen LogP contribution in [0, 0.1) is 0 Å². The van der Waals surface area contributed by atoms with Gasteiger partial charge in [0.1, 0.15) is 5.69 Å². The minimum atomic E-state index is -0.857. The highest BCUT2D eigenvalue weighted by molar-refractivity contribution is 5.91. The van der Waals surface area contributed by atoms with Crippen molar-refractivity contribution in [2.45, 2.75) is 12.5 Å². The minimum absolute atomic E-state index is 0.258. The van der Waals surface area contributed by atoms with E-state index in [4.69, 9.17) is 24.0 Å². The van der Waals surface area contributed by atoms with Gasteiger partial charge in [0.2, 0.25) is 6.10 Å². The smallest absolute Gasteiger partial charge is 0.347 e. The first kappa shape index (κ1) is 21.2. The first-order chi connectivity index (χ1) is 15.6. The first-order valence-electron chi connectivity index (χ1n) is 10.0. The van der Waals surface area contributed by atoms with Crippen molar-refractivity contribution in [2.24, 2.45) is 0 Å². The predicted molar refractivity (Wildman–Crippen MR) is 117 cm³/mol. The van der Waals surface area contributed by atoms with Crippen molar-refractivity contribution in [3.63, 3.8) is 0 Å². The Morgan fingerprint density at radius 1 is 1.12 bits per heavy atom. The number of carbonyl (C=O) groups excluding carboxylic acids is 2. The van der Waals surface area contributed by atoms with Gasteiger partial charge in [-0.2, -0.15) is 5.10 Å². The second-order valence-corrected chi connectivity index (χ2v) is 7.00. The molecule has 0 amide bonds. The van der Waals surface area contributed by atoms with Gasteiger partial charge in [-0.25, -0.2) is 14.3 Å². The van der Waals surface area contributed by atoms with Gasteiger partial charge in [0.05, 0.1) is 26.5 Å². The van der Waals surface area contributed by atoms with Crippen molar-refractivity contribution in [1.29, 1.82) is 0 Å². The van der Waals surface area contributed by atoms with Crippen LogP contribution in [-0.2, 0) is 19.1 Å². The van der Waals surface area contributed by atoms with Crippen LogP contribution in [0.5, 0.6) is 11.5 Å². The molecule has 1 aliphatic heterocycles. The number of aromatic nitrogens is 2. The topological polar surface area (TPSA) is 88.9 Å². The zero-order valence-corrected chi connectivity index (χ0v) is 17.7. The molecule has 2 aromatic carbocycles. The molecule has 0 bridgehead atoms. The van der Waals surface area contributed by atoms with Gasteiger partial charge in [0.25, 0.3) is 0 Å². The van der Waals surface area contributed by atoms with Gasteiger partial charge in [-0.3, -0.25) is 0 Å². The highest BCUT2D eigenvalue weighted by Crippen LogP contribution is 2.33. The maximum Gasteiger partial charge on any atom is 0.347 e. The van der Waals surface area contributed by atoms with Crippen LogP contribution >= 0.6 is 0 Å². The molecule has 3 aromatic rings. The van der Waals surface area contributed by atoms with Gasteiger partial charge in [-0.05, 0) is 36.4 Å². The second kappa shape index (κ2) is 9.38. The molecule has 164 valence electrons. The number of benzene rings is 2. The first-order valence-corrected chi connectivity index (χ1v) is 10.0. The lowest BCUT2D eigenvalue weighted by Gasteiger charge is -2.09. The van der Waals surface area contributed by atoms with Gasteiger partial charge in [0, 0.05) is 29.8 Å². The Morgan fingerprint density at radius 2 is 1.91 bits per heavy atom. The second-order valence-electron chi connectivity index (χ2n) is 7.00. The zero-order chi connectivity index (χ0) is 22.5. The van der Waals surface area contributed by atoms with Crippen LogP contribution in [0.3, 0.4) is 0 Å². The predicted octanol–water partition coefficient (Wildman–Crippen LogP) is 3.43. The molecule has 32 heavy (non-hydrogen) atoms. The number of esters is 2. The molecule has 1 saturated heterocycles. The Balaban J connectivity index is 1.68. The number of hydrogen-bond acceptors (Lipinski definition) is 7. The van der Waals surface area contributed by atoms with Crippen LogP contribution in [0.25, 0.3) is 23.0 Å². The fourth-order valence-corrected chi connectivity index (χ4v) is 3.35. The summed E-state index contributed by atoms with van der Waals surface area (Å²) in [4.78, 5) is 23.8. The molecule has 0 spiro atoms. The summed E-state index contributed by atoms with van der Waals surface area (Å²) in [6.45, 7) is 0.258. The van der Waals surface area contributed by atoms with Crippen molar-refractivity contribution < 1.29 is 28.5 Å². The molecule has 0 aliphatic carbocycles. The molecule has 0 radical (unpaired) electrons. The summed E-state index contributed by atoms with van der Waals surface area (Å²) in [6.07, 6.45) is 4.21. The number of cyclic esters (lactones) is 1. The third-order valence-corrected chi connectivity index (χ3v) is 4.96. The van der Waals surface area contributed by atoms with Crippen molar-refractivity contribution in [3.05, 3.63) is 66.4 Å². The molecule has 1 aliphatic rings. The van der Waals surface area contributed by atoms with Gasteiger partial charge in [-0.15, -0.1) is 0 Å². The molecule has 2 heterocycles. The molecule has 0 N–H and O–H groups in total.